The minimum atomic E-state index is -0.649. The molecule has 0 amide bonds. The Bertz CT molecular complexity index is 747. The fourth-order valence-electron chi connectivity index (χ4n) is 2.10. The Morgan fingerprint density at radius 2 is 1.92 bits per heavy atom. The van der Waals surface area contributed by atoms with E-state index in [1.54, 1.807) is 25.1 Å². The van der Waals surface area contributed by atoms with Crippen molar-refractivity contribution in [3.05, 3.63) is 58.7 Å². The van der Waals surface area contributed by atoms with Crippen LogP contribution in [0, 0.1) is 18.6 Å². The Hall–Kier alpha value is -2.08. The van der Waals surface area contributed by atoms with Gasteiger partial charge in [-0.05, 0) is 30.2 Å². The van der Waals surface area contributed by atoms with Crippen LogP contribution in [0.3, 0.4) is 0 Å². The van der Waals surface area contributed by atoms with Gasteiger partial charge in [-0.1, -0.05) is 19.1 Å². The van der Waals surface area contributed by atoms with Gasteiger partial charge in [0.25, 0.3) is 0 Å². The summed E-state index contributed by atoms with van der Waals surface area (Å²) >= 11 is 4.24. The van der Waals surface area contributed by atoms with Crippen molar-refractivity contribution in [1.82, 2.24) is 0 Å². The number of esters is 1. The van der Waals surface area contributed by atoms with Crippen LogP contribution in [0.5, 0.6) is 11.5 Å². The number of aryl methyl sites for hydroxylation is 1. The minimum Gasteiger partial charge on any atom is -0.486 e. The summed E-state index contributed by atoms with van der Waals surface area (Å²) in [5.74, 6) is -1.06. The topological polar surface area (TPSA) is 35.5 Å². The van der Waals surface area contributed by atoms with Crippen LogP contribution >= 0.6 is 12.6 Å². The highest BCUT2D eigenvalue weighted by molar-refractivity contribution is 7.79. The number of thiol groups is 1. The predicted octanol–water partition coefficient (Wildman–Crippen LogP) is 4.60. The lowest BCUT2D eigenvalue weighted by Gasteiger charge is -2.15. The number of benzene rings is 2. The van der Waals surface area contributed by atoms with E-state index in [9.17, 15) is 13.6 Å². The first kappa shape index (κ1) is 18.3. The second-order valence-corrected chi connectivity index (χ2v) is 5.52. The van der Waals surface area contributed by atoms with E-state index in [1.807, 2.05) is 0 Å². The molecule has 3 nitrogen and oxygen atoms in total. The van der Waals surface area contributed by atoms with E-state index in [0.29, 0.717) is 17.1 Å². The van der Waals surface area contributed by atoms with E-state index >= 15 is 0 Å². The van der Waals surface area contributed by atoms with Crippen LogP contribution in [0.2, 0.25) is 0 Å². The SMILES string of the molecule is CCC(=O)Oc1cccc(CS)c1COc1cc(F)c(C)cc1F. The first-order chi connectivity index (χ1) is 11.5. The summed E-state index contributed by atoms with van der Waals surface area (Å²) < 4.78 is 38.2. The smallest absolute Gasteiger partial charge is 0.310 e. The van der Waals surface area contributed by atoms with Crippen LogP contribution in [0.15, 0.2) is 30.3 Å². The second kappa shape index (κ2) is 8.15. The summed E-state index contributed by atoms with van der Waals surface area (Å²) in [7, 11) is 0. The third-order valence-corrected chi connectivity index (χ3v) is 3.84. The average molecular weight is 352 g/mol. The first-order valence-electron chi connectivity index (χ1n) is 7.47. The van der Waals surface area contributed by atoms with Crippen molar-refractivity contribution in [1.29, 1.82) is 0 Å². The predicted molar refractivity (Wildman–Crippen MR) is 90.5 cm³/mol. The molecule has 0 aliphatic carbocycles. The van der Waals surface area contributed by atoms with Gasteiger partial charge in [-0.2, -0.15) is 12.6 Å². The Morgan fingerprint density at radius 3 is 2.58 bits per heavy atom. The van der Waals surface area contributed by atoms with Gasteiger partial charge < -0.3 is 9.47 Å². The van der Waals surface area contributed by atoms with E-state index in [1.165, 1.54) is 6.92 Å². The summed E-state index contributed by atoms with van der Waals surface area (Å²) in [5, 5.41) is 0. The zero-order valence-corrected chi connectivity index (χ0v) is 14.3. The molecule has 0 bridgehead atoms. The molecule has 0 saturated carbocycles. The molecule has 0 unspecified atom stereocenters. The van der Waals surface area contributed by atoms with Crippen LogP contribution in [0.25, 0.3) is 0 Å². The maximum absolute atomic E-state index is 13.9. The molecule has 2 aromatic rings. The van der Waals surface area contributed by atoms with Crippen molar-refractivity contribution in [3.8, 4) is 11.5 Å². The molecule has 6 heteroatoms. The lowest BCUT2D eigenvalue weighted by atomic mass is 10.1. The Kier molecular flexibility index (Phi) is 6.20. The second-order valence-electron chi connectivity index (χ2n) is 5.20. The van der Waals surface area contributed by atoms with Crippen molar-refractivity contribution in [2.45, 2.75) is 32.6 Å². The Balaban J connectivity index is 2.28. The van der Waals surface area contributed by atoms with E-state index in [2.05, 4.69) is 12.6 Å². The number of carbonyl (C=O) groups is 1. The van der Waals surface area contributed by atoms with E-state index < -0.39 is 11.6 Å². The summed E-state index contributed by atoms with van der Waals surface area (Å²) in [4.78, 5) is 11.6. The van der Waals surface area contributed by atoms with Crippen molar-refractivity contribution in [3.63, 3.8) is 0 Å². The standard InChI is InChI=1S/C18H18F2O3S/c1-3-18(21)23-16-6-4-5-12(10-24)13(16)9-22-17-8-14(19)11(2)7-15(17)20/h4-8,24H,3,9-10H2,1-2H3. The number of ether oxygens (including phenoxy) is 2. The largest absolute Gasteiger partial charge is 0.486 e. The molecule has 24 heavy (non-hydrogen) atoms. The fourth-order valence-corrected chi connectivity index (χ4v) is 2.40. The van der Waals surface area contributed by atoms with Gasteiger partial charge >= 0.3 is 5.97 Å². The average Bonchev–Trinajstić information content (AvgIpc) is 2.57. The monoisotopic (exact) mass is 352 g/mol. The summed E-state index contributed by atoms with van der Waals surface area (Å²) in [5.41, 5.74) is 1.57. The molecular formula is C18H18F2O3S. The Morgan fingerprint density at radius 1 is 1.17 bits per heavy atom. The zero-order chi connectivity index (χ0) is 17.7. The highest BCUT2D eigenvalue weighted by Gasteiger charge is 2.14. The summed E-state index contributed by atoms with van der Waals surface area (Å²) in [6.07, 6.45) is 0.225. The molecule has 0 fully saturated rings. The molecule has 0 atom stereocenters. The summed E-state index contributed by atoms with van der Waals surface area (Å²) in [6.45, 7) is 3.09. The number of halogens is 2. The molecule has 0 aromatic heterocycles. The molecule has 0 radical (unpaired) electrons. The van der Waals surface area contributed by atoms with Crippen LogP contribution in [-0.4, -0.2) is 5.97 Å². The minimum absolute atomic E-state index is 0.0670. The van der Waals surface area contributed by atoms with Crippen molar-refractivity contribution in [2.24, 2.45) is 0 Å². The molecule has 0 heterocycles. The van der Waals surface area contributed by atoms with Crippen molar-refractivity contribution in [2.75, 3.05) is 0 Å². The van der Waals surface area contributed by atoms with Crippen LogP contribution in [-0.2, 0) is 17.2 Å². The number of carbonyl (C=O) groups excluding carboxylic acids is 1. The van der Waals surface area contributed by atoms with Crippen molar-refractivity contribution >= 4 is 18.6 Å². The molecule has 0 saturated heterocycles. The quantitative estimate of drug-likeness (QED) is 0.469. The zero-order valence-electron chi connectivity index (χ0n) is 13.4. The summed E-state index contributed by atoms with van der Waals surface area (Å²) in [6, 6.07) is 7.25. The Labute approximate surface area is 145 Å². The normalized spacial score (nSPS) is 10.5. The van der Waals surface area contributed by atoms with Crippen LogP contribution in [0.4, 0.5) is 8.78 Å². The van der Waals surface area contributed by atoms with Crippen LogP contribution in [0.1, 0.15) is 30.0 Å². The van der Waals surface area contributed by atoms with Gasteiger partial charge in [0.2, 0.25) is 0 Å². The number of hydrogen-bond donors (Lipinski definition) is 1. The third-order valence-electron chi connectivity index (χ3n) is 3.50. The van der Waals surface area contributed by atoms with Gasteiger partial charge in [-0.15, -0.1) is 0 Å². The van der Waals surface area contributed by atoms with E-state index in [-0.39, 0.29) is 30.3 Å². The first-order valence-corrected chi connectivity index (χ1v) is 8.10. The molecular weight excluding hydrogens is 334 g/mol. The van der Waals surface area contributed by atoms with Gasteiger partial charge in [0.05, 0.1) is 0 Å². The van der Waals surface area contributed by atoms with Gasteiger partial charge in [0, 0.05) is 23.8 Å². The number of rotatable bonds is 6. The van der Waals surface area contributed by atoms with Crippen molar-refractivity contribution < 1.29 is 23.0 Å². The fraction of sp³-hybridized carbons (Fsp3) is 0.278. The molecule has 0 spiro atoms. The van der Waals surface area contributed by atoms with E-state index in [0.717, 1.165) is 17.7 Å². The third kappa shape index (κ3) is 4.26. The van der Waals surface area contributed by atoms with Gasteiger partial charge in [-0.3, -0.25) is 4.79 Å². The lowest BCUT2D eigenvalue weighted by molar-refractivity contribution is -0.134. The highest BCUT2D eigenvalue weighted by Crippen LogP contribution is 2.28. The number of hydrogen-bond acceptors (Lipinski definition) is 4. The van der Waals surface area contributed by atoms with Gasteiger partial charge in [0.1, 0.15) is 18.2 Å². The lowest BCUT2D eigenvalue weighted by Crippen LogP contribution is -2.10. The van der Waals surface area contributed by atoms with E-state index in [4.69, 9.17) is 9.47 Å². The van der Waals surface area contributed by atoms with Gasteiger partial charge in [-0.25, -0.2) is 8.78 Å². The van der Waals surface area contributed by atoms with Gasteiger partial charge in [0.15, 0.2) is 11.6 Å². The highest BCUT2D eigenvalue weighted by atomic mass is 32.1. The maximum Gasteiger partial charge on any atom is 0.310 e. The molecule has 2 rings (SSSR count). The molecule has 2 aromatic carbocycles. The van der Waals surface area contributed by atoms with Crippen LogP contribution < -0.4 is 9.47 Å². The molecule has 128 valence electrons. The molecule has 0 aliphatic heterocycles. The molecule has 0 N–H and O–H groups in total. The molecule has 0 aliphatic rings. The maximum atomic E-state index is 13.9.